The van der Waals surface area contributed by atoms with Crippen LogP contribution in [0.5, 0.6) is 0 Å². The molecule has 0 radical (unpaired) electrons. The fraction of sp³-hybridized carbons (Fsp3) is 0.865. The van der Waals surface area contributed by atoms with Crippen LogP contribution >= 0.6 is 7.82 Å². The van der Waals surface area contributed by atoms with Crippen LogP contribution in [-0.4, -0.2) is 74.3 Å². The van der Waals surface area contributed by atoms with Crippen molar-refractivity contribution < 1.29 is 37.3 Å². The van der Waals surface area contributed by atoms with Crippen LogP contribution in [0.3, 0.4) is 0 Å². The zero-order valence-corrected chi connectivity index (χ0v) is 57.6. The number of allylic oxidation sites excluding steroid dienone is 7. The highest BCUT2D eigenvalue weighted by molar-refractivity contribution is 7.47. The molecule has 0 saturated heterocycles. The second-order valence-corrected chi connectivity index (χ2v) is 27.6. The number of carbonyl (C=O) groups is 2. The van der Waals surface area contributed by atoms with Crippen molar-refractivity contribution >= 4 is 19.7 Å². The van der Waals surface area contributed by atoms with Crippen molar-refractivity contribution in [2.24, 2.45) is 0 Å². The van der Waals surface area contributed by atoms with Gasteiger partial charge in [0.05, 0.1) is 33.8 Å². The minimum absolute atomic E-state index is 0.0394. The standard InChI is InChI=1S/C74H141N2O7P/c1-7-10-13-16-19-22-25-28-30-32-34-35-36-37-38-39-40-41-43-44-46-48-51-54-57-60-63-66-73(77)75-71(70-82-84(79,80)81-69-68-76(4,5)6)72(65-62-59-56-53-50-27-24-21-18-15-12-9-3)83-74(78)67-64-61-58-55-52-49-47-45-42-33-31-29-26-23-20-17-14-11-8-2/h20,23,29,31,42,45,62,65,71-72H,7-19,21-22,24-28,30,32-41,43-44,46-61,63-64,66-70H2,1-6H3,(H-,75,77,79,80)/p+1/b23-20-,31-29-,45-42-,65-62-. The van der Waals surface area contributed by atoms with Gasteiger partial charge in [0.25, 0.3) is 0 Å². The average molecular weight is 1200 g/mol. The van der Waals surface area contributed by atoms with E-state index in [4.69, 9.17) is 13.8 Å². The van der Waals surface area contributed by atoms with E-state index in [-0.39, 0.29) is 31.5 Å². The number of ether oxygens (including phenoxy) is 1. The molecule has 0 rings (SSSR count). The highest BCUT2D eigenvalue weighted by atomic mass is 31.2. The lowest BCUT2D eigenvalue weighted by Crippen LogP contribution is -2.47. The predicted molar refractivity (Wildman–Crippen MR) is 365 cm³/mol. The maximum atomic E-state index is 13.6. The maximum absolute atomic E-state index is 13.6. The summed E-state index contributed by atoms with van der Waals surface area (Å²) >= 11 is 0. The van der Waals surface area contributed by atoms with Gasteiger partial charge in [-0.15, -0.1) is 0 Å². The number of quaternary nitrogens is 1. The van der Waals surface area contributed by atoms with Gasteiger partial charge >= 0.3 is 13.8 Å². The first-order chi connectivity index (χ1) is 40.9. The summed E-state index contributed by atoms with van der Waals surface area (Å²) in [6, 6.07) is -0.853. The number of likely N-dealkylation sites (N-methyl/N-ethyl adjacent to an activating group) is 1. The van der Waals surface area contributed by atoms with E-state index in [9.17, 15) is 19.0 Å². The lowest BCUT2D eigenvalue weighted by molar-refractivity contribution is -0.870. The molecule has 0 aliphatic carbocycles. The Morgan fingerprint density at radius 1 is 0.417 bits per heavy atom. The van der Waals surface area contributed by atoms with Crippen LogP contribution in [0.25, 0.3) is 0 Å². The van der Waals surface area contributed by atoms with Gasteiger partial charge in [0, 0.05) is 12.8 Å². The molecule has 3 atom stereocenters. The third-order valence-electron chi connectivity index (χ3n) is 16.5. The number of rotatable bonds is 67. The first-order valence-electron chi connectivity index (χ1n) is 36.5. The van der Waals surface area contributed by atoms with Crippen LogP contribution in [0.15, 0.2) is 48.6 Å². The molecule has 3 unspecified atom stereocenters. The number of carbonyl (C=O) groups excluding carboxylic acids is 2. The smallest absolute Gasteiger partial charge is 0.456 e. The van der Waals surface area contributed by atoms with Gasteiger partial charge in [0.1, 0.15) is 19.3 Å². The van der Waals surface area contributed by atoms with Crippen LogP contribution in [0.2, 0.25) is 0 Å². The van der Waals surface area contributed by atoms with E-state index in [1.165, 1.54) is 244 Å². The first kappa shape index (κ1) is 82.0. The lowest BCUT2D eigenvalue weighted by atomic mass is 10.0. The third-order valence-corrected chi connectivity index (χ3v) is 17.5. The number of nitrogens with zero attached hydrogens (tertiary/aromatic N) is 1. The summed E-state index contributed by atoms with van der Waals surface area (Å²) in [5.41, 5.74) is 0. The summed E-state index contributed by atoms with van der Waals surface area (Å²) in [5.74, 6) is -0.503. The molecule has 0 aliphatic rings. The Hall–Kier alpha value is -2.03. The number of hydrogen-bond acceptors (Lipinski definition) is 6. The monoisotopic (exact) mass is 1200 g/mol. The number of unbranched alkanes of at least 4 members (excludes halogenated alkanes) is 45. The minimum atomic E-state index is -4.46. The van der Waals surface area contributed by atoms with E-state index in [0.717, 1.165) is 83.5 Å². The largest absolute Gasteiger partial charge is 0.472 e. The van der Waals surface area contributed by atoms with Gasteiger partial charge in [-0.1, -0.05) is 327 Å². The van der Waals surface area contributed by atoms with Crippen molar-refractivity contribution in [3.63, 3.8) is 0 Å². The summed E-state index contributed by atoms with van der Waals surface area (Å²) in [4.78, 5) is 37.9. The molecule has 84 heavy (non-hydrogen) atoms. The van der Waals surface area contributed by atoms with Crippen LogP contribution < -0.4 is 5.32 Å². The fourth-order valence-corrected chi connectivity index (χ4v) is 11.6. The van der Waals surface area contributed by atoms with Crippen LogP contribution in [0, 0.1) is 0 Å². The van der Waals surface area contributed by atoms with E-state index in [0.29, 0.717) is 17.4 Å². The lowest BCUT2D eigenvalue weighted by Gasteiger charge is -2.27. The zero-order chi connectivity index (χ0) is 61.4. The number of nitrogens with one attached hydrogen (secondary N) is 1. The molecule has 0 aromatic carbocycles. The van der Waals surface area contributed by atoms with Gasteiger partial charge in [-0.3, -0.25) is 18.6 Å². The van der Waals surface area contributed by atoms with Crippen molar-refractivity contribution in [2.45, 2.75) is 373 Å². The Balaban J connectivity index is 4.99. The van der Waals surface area contributed by atoms with E-state index in [1.54, 1.807) is 0 Å². The minimum Gasteiger partial charge on any atom is -0.456 e. The molecule has 0 aromatic rings. The average Bonchev–Trinajstić information content (AvgIpc) is 3.65. The molecule has 0 bridgehead atoms. The highest BCUT2D eigenvalue weighted by Crippen LogP contribution is 2.43. The van der Waals surface area contributed by atoms with E-state index >= 15 is 0 Å². The predicted octanol–water partition coefficient (Wildman–Crippen LogP) is 23.2. The zero-order valence-electron chi connectivity index (χ0n) is 56.7. The van der Waals surface area contributed by atoms with Crippen molar-refractivity contribution in [3.8, 4) is 0 Å². The molecule has 0 aromatic heterocycles. The molecule has 0 fully saturated rings. The summed E-state index contributed by atoms with van der Waals surface area (Å²) in [6.45, 7) is 7.03. The Kier molecular flexibility index (Phi) is 62.4. The number of amides is 1. The first-order valence-corrected chi connectivity index (χ1v) is 38.0. The molecule has 9 nitrogen and oxygen atoms in total. The van der Waals surface area contributed by atoms with Crippen molar-refractivity contribution in [2.75, 3.05) is 40.9 Å². The quantitative estimate of drug-likeness (QED) is 0.0205. The Morgan fingerprint density at radius 2 is 0.726 bits per heavy atom. The van der Waals surface area contributed by atoms with Crippen LogP contribution in [0.4, 0.5) is 0 Å². The van der Waals surface area contributed by atoms with Gasteiger partial charge in [0.15, 0.2) is 0 Å². The normalized spacial score (nSPS) is 13.8. The van der Waals surface area contributed by atoms with Crippen LogP contribution in [-0.2, 0) is 27.9 Å². The third kappa shape index (κ3) is 64.4. The second kappa shape index (κ2) is 64.0. The molecule has 0 aliphatic heterocycles. The molecule has 0 heterocycles. The number of phosphoric acid groups is 1. The number of phosphoric ester groups is 1. The molecular weight excluding hydrogens is 1060 g/mol. The molecule has 0 spiro atoms. The summed E-state index contributed by atoms with van der Waals surface area (Å²) in [5, 5.41) is 3.07. The molecule has 2 N–H and O–H groups in total. The maximum Gasteiger partial charge on any atom is 0.472 e. The summed E-state index contributed by atoms with van der Waals surface area (Å²) in [7, 11) is 1.50. The Morgan fingerprint density at radius 3 is 1.11 bits per heavy atom. The van der Waals surface area contributed by atoms with Crippen molar-refractivity contribution in [1.29, 1.82) is 0 Å². The summed E-state index contributed by atoms with van der Waals surface area (Å²) in [6.07, 6.45) is 81.3. The van der Waals surface area contributed by atoms with E-state index in [2.05, 4.69) is 62.5 Å². The van der Waals surface area contributed by atoms with Crippen LogP contribution in [0.1, 0.15) is 361 Å². The number of hydrogen-bond donors (Lipinski definition) is 2. The Labute approximate surface area is 522 Å². The van der Waals surface area contributed by atoms with Gasteiger partial charge in [-0.05, 0) is 70.3 Å². The van der Waals surface area contributed by atoms with Gasteiger partial charge in [0.2, 0.25) is 5.91 Å². The van der Waals surface area contributed by atoms with E-state index in [1.807, 2.05) is 33.3 Å². The van der Waals surface area contributed by atoms with Crippen molar-refractivity contribution in [1.82, 2.24) is 5.32 Å². The topological polar surface area (TPSA) is 111 Å². The SMILES string of the molecule is CCCCC/C=C\C/C=C\C/C=C\CCCCCCCCC(=O)OC(/C=C\CCCCCCCCCCCC)C(COP(=O)(O)OCC[N+](C)(C)C)NC(=O)CCCCCCCCCCCCCCCCCCCCCCCCCCCCC. The van der Waals surface area contributed by atoms with Gasteiger partial charge in [-0.25, -0.2) is 4.57 Å². The second-order valence-electron chi connectivity index (χ2n) is 26.1. The fourth-order valence-electron chi connectivity index (χ4n) is 10.9. The van der Waals surface area contributed by atoms with Crippen molar-refractivity contribution in [3.05, 3.63) is 48.6 Å². The molecular formula is C74H142N2O7P+. The van der Waals surface area contributed by atoms with E-state index < -0.39 is 20.0 Å². The Bertz CT molecular complexity index is 1570. The van der Waals surface area contributed by atoms with Gasteiger partial charge in [-0.2, -0.15) is 0 Å². The number of esters is 1. The highest BCUT2D eigenvalue weighted by Gasteiger charge is 2.30. The molecule has 494 valence electrons. The molecule has 0 saturated carbocycles. The van der Waals surface area contributed by atoms with Gasteiger partial charge < -0.3 is 19.4 Å². The molecule has 10 heteroatoms. The summed E-state index contributed by atoms with van der Waals surface area (Å²) < 4.78 is 30.8. The molecule has 1 amide bonds.